The van der Waals surface area contributed by atoms with Gasteiger partial charge < -0.3 is 28.6 Å². The molecule has 356 valence electrons. The van der Waals surface area contributed by atoms with E-state index in [2.05, 4.69) is 17.1 Å². The molecule has 4 atom stereocenters. The molecule has 4 aliphatic rings. The summed E-state index contributed by atoms with van der Waals surface area (Å²) < 4.78 is 190. The molecule has 7 N–H and O–H groups in total. The highest BCUT2D eigenvalue weighted by Gasteiger charge is 2.51. The van der Waals surface area contributed by atoms with Crippen LogP contribution < -0.4 is 34.1 Å². The average Bonchev–Trinajstić information content (AvgIpc) is 3.94. The highest BCUT2D eigenvalue weighted by atomic mass is 35.5. The highest BCUT2D eigenvalue weighted by Crippen LogP contribution is 2.44. The first-order chi connectivity index (χ1) is 29.0. The van der Waals surface area contributed by atoms with Crippen LogP contribution in [0.25, 0.3) is 0 Å². The van der Waals surface area contributed by atoms with Gasteiger partial charge in [0.15, 0.2) is 28.8 Å². The lowest BCUT2D eigenvalue weighted by atomic mass is 9.99. The SMILES string of the molecule is N#CC1(NC(=O)[C@H](CC(F)(F)CC2CC2)N[C@@H](c2ccc(F)c(F)c2)C(F)(F)F)CC1.N#CC1([NH3+])CC1.O=C(O)[C@H](CC(F)(F)CC1CC1)NC(c1ccc(F)c(F)c1)C(F)(F)F.[Cl-]. The summed E-state index contributed by atoms with van der Waals surface area (Å²) in [6.45, 7) is 0. The van der Waals surface area contributed by atoms with Gasteiger partial charge in [-0.3, -0.25) is 20.2 Å². The molecule has 1 unspecified atom stereocenters. The molecule has 2 aromatic carbocycles. The number of nitrogens with one attached hydrogen (secondary N) is 3. The number of hydrogen-bond donors (Lipinski definition) is 5. The van der Waals surface area contributed by atoms with E-state index in [1.165, 1.54) is 0 Å². The van der Waals surface area contributed by atoms with Crippen molar-refractivity contribution < 1.29 is 94.3 Å². The van der Waals surface area contributed by atoms with Gasteiger partial charge in [-0.2, -0.15) is 36.9 Å². The monoisotopic (exact) mass is 956 g/mol. The van der Waals surface area contributed by atoms with Gasteiger partial charge in [-0.1, -0.05) is 12.1 Å². The quantitative estimate of drug-likeness (QED) is 0.135. The standard InChI is InChI=1S/C20H20F7N3O.C16H16F7NO2.C4H6N2.ClH/c21-13-4-3-12(7-14(13)22)16(20(25,26)27)29-15(9-19(23,24)8-11-1-2-11)17(31)30-18(10-28)5-6-18;17-10-4-3-9(5-11(10)18)13(16(21,22)23)24-12(14(25)26)7-15(19,20)6-8-1-2-8;5-3-4(6)1-2-4;/h3-4,7,11,15-16,29H,1-2,5-6,8-9H2,(H,30,31);3-5,8,12-13,24H,1-2,6-7H2,(H,25,26);1-2,6H2;1H/t15-,16-;12-,13?;;/m00../s1. The van der Waals surface area contributed by atoms with Crippen molar-refractivity contribution in [2.24, 2.45) is 11.8 Å². The highest BCUT2D eigenvalue weighted by molar-refractivity contribution is 5.83. The first-order valence-electron chi connectivity index (χ1n) is 19.5. The molecule has 0 bridgehead atoms. The van der Waals surface area contributed by atoms with Crippen molar-refractivity contribution >= 4 is 11.9 Å². The number of alkyl halides is 10. The van der Waals surface area contributed by atoms with Crippen molar-refractivity contribution in [3.8, 4) is 12.1 Å². The van der Waals surface area contributed by atoms with Gasteiger partial charge in [0.25, 0.3) is 5.92 Å². The van der Waals surface area contributed by atoms with E-state index < -0.39 is 126 Å². The number of aliphatic carboxylic acids is 1. The van der Waals surface area contributed by atoms with Gasteiger partial charge in [0.1, 0.15) is 29.7 Å². The van der Waals surface area contributed by atoms with Crippen LogP contribution >= 0.6 is 0 Å². The van der Waals surface area contributed by atoms with Crippen LogP contribution in [0.4, 0.5) is 61.5 Å². The van der Waals surface area contributed by atoms with E-state index in [9.17, 15) is 71.1 Å². The number of halogens is 15. The minimum absolute atomic E-state index is 0. The Morgan fingerprint density at radius 1 is 0.672 bits per heavy atom. The Labute approximate surface area is 363 Å². The number of carbonyl (C=O) groups is 2. The molecular formula is C40H43ClF14N6O3. The van der Waals surface area contributed by atoms with Gasteiger partial charge in [0.2, 0.25) is 11.8 Å². The summed E-state index contributed by atoms with van der Waals surface area (Å²) >= 11 is 0. The van der Waals surface area contributed by atoms with E-state index in [1.807, 2.05) is 11.4 Å². The average molecular weight is 957 g/mol. The Kier molecular flexibility index (Phi) is 17.5. The molecule has 4 saturated carbocycles. The summed E-state index contributed by atoms with van der Waals surface area (Å²) in [4.78, 5) is 23.8. The second-order valence-electron chi connectivity index (χ2n) is 16.6. The molecule has 24 heteroatoms. The number of carboxylic acids is 1. The van der Waals surface area contributed by atoms with Gasteiger partial charge in [0.05, 0.1) is 12.1 Å². The molecule has 64 heavy (non-hydrogen) atoms. The van der Waals surface area contributed by atoms with Crippen LogP contribution in [0.3, 0.4) is 0 Å². The van der Waals surface area contributed by atoms with Crippen LogP contribution in [-0.2, 0) is 9.59 Å². The molecule has 0 radical (unpaired) electrons. The van der Waals surface area contributed by atoms with Crippen molar-refractivity contribution in [1.82, 2.24) is 16.0 Å². The third-order valence-corrected chi connectivity index (χ3v) is 10.6. The van der Waals surface area contributed by atoms with Crippen molar-refractivity contribution in [2.45, 2.75) is 136 Å². The largest absolute Gasteiger partial charge is 1.00 e. The van der Waals surface area contributed by atoms with Crippen LogP contribution in [0.2, 0.25) is 0 Å². The van der Waals surface area contributed by atoms with Crippen molar-refractivity contribution in [3.05, 3.63) is 70.8 Å². The number of carbonyl (C=O) groups excluding carboxylic acids is 1. The van der Waals surface area contributed by atoms with Crippen LogP contribution in [0, 0.1) is 57.8 Å². The summed E-state index contributed by atoms with van der Waals surface area (Å²) in [6, 6.07) is -3.00. The summed E-state index contributed by atoms with van der Waals surface area (Å²) in [5.41, 5.74) is 0.627. The third kappa shape index (κ3) is 16.8. The number of amides is 1. The maximum Gasteiger partial charge on any atom is 0.407 e. The summed E-state index contributed by atoms with van der Waals surface area (Å²) in [5.74, 6) is -16.3. The molecule has 2 aromatic rings. The van der Waals surface area contributed by atoms with E-state index in [1.54, 1.807) is 5.32 Å². The number of nitriles is 2. The fraction of sp³-hybridized carbons (Fsp3) is 0.600. The summed E-state index contributed by atoms with van der Waals surface area (Å²) in [5, 5.41) is 32.0. The van der Waals surface area contributed by atoms with Crippen molar-refractivity contribution in [1.29, 1.82) is 10.5 Å². The lowest BCUT2D eigenvalue weighted by Gasteiger charge is -2.30. The van der Waals surface area contributed by atoms with Crippen molar-refractivity contribution in [3.63, 3.8) is 0 Å². The Bertz CT molecular complexity index is 2030. The maximum atomic E-state index is 14.4. The van der Waals surface area contributed by atoms with Crippen LogP contribution in [0.1, 0.15) is 100 Å². The fourth-order valence-electron chi connectivity index (χ4n) is 6.22. The molecule has 4 fully saturated rings. The second-order valence-corrected chi connectivity index (χ2v) is 16.6. The smallest absolute Gasteiger partial charge is 0.407 e. The van der Waals surface area contributed by atoms with E-state index >= 15 is 0 Å². The van der Waals surface area contributed by atoms with Crippen LogP contribution in [0.5, 0.6) is 0 Å². The van der Waals surface area contributed by atoms with Crippen LogP contribution in [-0.4, -0.2) is 64.3 Å². The van der Waals surface area contributed by atoms with Gasteiger partial charge in [-0.25, -0.2) is 35.1 Å². The Balaban J connectivity index is 0.000000299. The molecule has 0 spiro atoms. The maximum absolute atomic E-state index is 14.4. The minimum atomic E-state index is -5.11. The van der Waals surface area contributed by atoms with E-state index in [-0.39, 0.29) is 48.7 Å². The first-order valence-corrected chi connectivity index (χ1v) is 19.5. The molecule has 0 saturated heterocycles. The Morgan fingerprint density at radius 2 is 1.06 bits per heavy atom. The lowest BCUT2D eigenvalue weighted by molar-refractivity contribution is -0.417. The van der Waals surface area contributed by atoms with E-state index in [0.717, 1.165) is 12.8 Å². The van der Waals surface area contributed by atoms with Gasteiger partial charge in [-0.05, 0) is 85.8 Å². The minimum Gasteiger partial charge on any atom is -1.00 e. The Hall–Kier alpha value is -4.45. The number of hydrogen-bond acceptors (Lipinski definition) is 6. The predicted octanol–water partition coefficient (Wildman–Crippen LogP) is 5.25. The molecule has 4 aliphatic carbocycles. The zero-order valence-electron chi connectivity index (χ0n) is 33.4. The molecule has 0 aromatic heterocycles. The van der Waals surface area contributed by atoms with Gasteiger partial charge in [0, 0.05) is 38.5 Å². The topological polar surface area (TPSA) is 166 Å². The molecule has 9 nitrogen and oxygen atoms in total. The molecule has 0 heterocycles. The number of benzene rings is 2. The number of nitrogens with zero attached hydrogens (tertiary/aromatic N) is 2. The fourth-order valence-corrected chi connectivity index (χ4v) is 6.22. The number of rotatable bonds is 17. The van der Waals surface area contributed by atoms with Gasteiger partial charge >= 0.3 is 18.3 Å². The lowest BCUT2D eigenvalue weighted by Crippen LogP contribution is -3.00. The van der Waals surface area contributed by atoms with Crippen LogP contribution in [0.15, 0.2) is 36.4 Å². The first kappa shape index (κ1) is 53.9. The molecule has 6 rings (SSSR count). The molecule has 0 aliphatic heterocycles. The van der Waals surface area contributed by atoms with E-state index in [4.69, 9.17) is 15.6 Å². The number of quaternary nitrogens is 1. The Morgan fingerprint density at radius 3 is 1.34 bits per heavy atom. The predicted molar refractivity (Wildman–Crippen MR) is 192 cm³/mol. The summed E-state index contributed by atoms with van der Waals surface area (Å²) in [6.07, 6.45) is -9.11. The van der Waals surface area contributed by atoms with Crippen molar-refractivity contribution in [2.75, 3.05) is 0 Å². The molecule has 1 amide bonds. The zero-order valence-corrected chi connectivity index (χ0v) is 34.2. The summed E-state index contributed by atoms with van der Waals surface area (Å²) in [7, 11) is 0. The molecular weight excluding hydrogens is 914 g/mol. The van der Waals surface area contributed by atoms with E-state index in [0.29, 0.717) is 56.0 Å². The second kappa shape index (κ2) is 20.8. The van der Waals surface area contributed by atoms with Gasteiger partial charge in [-0.15, -0.1) is 0 Å². The third-order valence-electron chi connectivity index (χ3n) is 10.6. The zero-order chi connectivity index (χ0) is 47.3. The normalized spacial score (nSPS) is 19.3. The number of carboxylic acid groups (broad SMARTS) is 1.